The molecular formula is C20H18N6. The molecule has 1 aliphatic carbocycles. The molecule has 1 saturated heterocycles. The van der Waals surface area contributed by atoms with Gasteiger partial charge in [-0.2, -0.15) is 0 Å². The Balaban J connectivity index is 1.37. The van der Waals surface area contributed by atoms with Crippen LogP contribution in [0, 0.1) is 0 Å². The van der Waals surface area contributed by atoms with Crippen LogP contribution in [0.1, 0.15) is 30.6 Å². The van der Waals surface area contributed by atoms with Gasteiger partial charge in [-0.1, -0.05) is 12.1 Å². The SMILES string of the molecule is c1ccc2c(c1)nc(C1CC1)n2C1CN(c2ncnc3cnccc23)C1. The van der Waals surface area contributed by atoms with Crippen LogP contribution in [0.5, 0.6) is 0 Å². The number of rotatable bonds is 3. The van der Waals surface area contributed by atoms with Crippen molar-refractivity contribution in [3.8, 4) is 0 Å². The van der Waals surface area contributed by atoms with Crippen LogP contribution in [-0.4, -0.2) is 37.6 Å². The number of benzene rings is 1. The topological polar surface area (TPSA) is 59.7 Å². The number of para-hydroxylation sites is 2. The van der Waals surface area contributed by atoms with Crippen molar-refractivity contribution in [3.05, 3.63) is 54.9 Å². The molecule has 6 rings (SSSR count). The van der Waals surface area contributed by atoms with Crippen LogP contribution < -0.4 is 4.90 Å². The maximum atomic E-state index is 4.94. The molecule has 128 valence electrons. The van der Waals surface area contributed by atoms with E-state index in [1.165, 1.54) is 24.2 Å². The van der Waals surface area contributed by atoms with Crippen molar-refractivity contribution in [2.24, 2.45) is 0 Å². The van der Waals surface area contributed by atoms with Crippen molar-refractivity contribution in [3.63, 3.8) is 0 Å². The molecule has 0 N–H and O–H groups in total. The van der Waals surface area contributed by atoms with Gasteiger partial charge in [-0.05, 0) is 31.0 Å². The van der Waals surface area contributed by atoms with E-state index in [-0.39, 0.29) is 0 Å². The molecule has 2 fully saturated rings. The second-order valence-electron chi connectivity index (χ2n) is 7.25. The molecule has 2 aliphatic rings. The van der Waals surface area contributed by atoms with E-state index in [0.717, 1.165) is 35.3 Å². The molecule has 0 spiro atoms. The predicted molar refractivity (Wildman–Crippen MR) is 100 cm³/mol. The molecular weight excluding hydrogens is 324 g/mol. The Morgan fingerprint density at radius 2 is 1.85 bits per heavy atom. The average Bonchev–Trinajstić information content (AvgIpc) is 3.43. The number of nitrogens with zero attached hydrogens (tertiary/aromatic N) is 6. The molecule has 3 aromatic heterocycles. The summed E-state index contributed by atoms with van der Waals surface area (Å²) in [5.41, 5.74) is 3.27. The quantitative estimate of drug-likeness (QED) is 0.572. The first-order valence-corrected chi connectivity index (χ1v) is 9.15. The molecule has 6 heteroatoms. The zero-order chi connectivity index (χ0) is 17.1. The maximum Gasteiger partial charge on any atom is 0.140 e. The fourth-order valence-electron chi connectivity index (χ4n) is 4.01. The number of hydrogen-bond donors (Lipinski definition) is 0. The standard InChI is InChI=1S/C20H18N6/c1-2-4-18-16(3-1)24-19(13-5-6-13)26(18)14-10-25(11-14)20-15-7-8-21-9-17(15)22-12-23-20/h1-4,7-9,12-14H,5-6,10-11H2. The van der Waals surface area contributed by atoms with E-state index in [2.05, 4.69) is 48.7 Å². The van der Waals surface area contributed by atoms with Gasteiger partial charge in [-0.3, -0.25) is 4.98 Å². The first kappa shape index (κ1) is 14.2. The van der Waals surface area contributed by atoms with Gasteiger partial charge >= 0.3 is 0 Å². The summed E-state index contributed by atoms with van der Waals surface area (Å²) in [6.45, 7) is 1.91. The van der Waals surface area contributed by atoms with Gasteiger partial charge in [0.2, 0.25) is 0 Å². The van der Waals surface area contributed by atoms with E-state index < -0.39 is 0 Å². The Morgan fingerprint density at radius 3 is 2.73 bits per heavy atom. The fourth-order valence-corrected chi connectivity index (χ4v) is 4.01. The van der Waals surface area contributed by atoms with Gasteiger partial charge in [-0.25, -0.2) is 15.0 Å². The second kappa shape index (κ2) is 5.24. The number of aromatic nitrogens is 5. The van der Waals surface area contributed by atoms with E-state index in [9.17, 15) is 0 Å². The Hall–Kier alpha value is -3.02. The Kier molecular flexibility index (Phi) is 2.86. The largest absolute Gasteiger partial charge is 0.352 e. The van der Waals surface area contributed by atoms with Crippen LogP contribution in [0.4, 0.5) is 5.82 Å². The third-order valence-electron chi connectivity index (χ3n) is 5.51. The molecule has 1 saturated carbocycles. The summed E-state index contributed by atoms with van der Waals surface area (Å²) in [7, 11) is 0. The van der Waals surface area contributed by atoms with Crippen LogP contribution in [0.25, 0.3) is 21.9 Å². The molecule has 1 aromatic carbocycles. The summed E-state index contributed by atoms with van der Waals surface area (Å²) < 4.78 is 2.48. The minimum atomic E-state index is 0.449. The summed E-state index contributed by atoms with van der Waals surface area (Å²) in [4.78, 5) is 20.3. The fraction of sp³-hybridized carbons (Fsp3) is 0.300. The van der Waals surface area contributed by atoms with E-state index >= 15 is 0 Å². The maximum absolute atomic E-state index is 4.94. The number of imidazole rings is 1. The highest BCUT2D eigenvalue weighted by molar-refractivity contribution is 5.89. The minimum absolute atomic E-state index is 0.449. The van der Waals surface area contributed by atoms with Gasteiger partial charge < -0.3 is 9.47 Å². The first-order chi connectivity index (χ1) is 12.9. The highest BCUT2D eigenvalue weighted by Gasteiger charge is 2.37. The monoisotopic (exact) mass is 342 g/mol. The third-order valence-corrected chi connectivity index (χ3v) is 5.51. The average molecular weight is 342 g/mol. The molecule has 0 atom stereocenters. The molecule has 0 radical (unpaired) electrons. The zero-order valence-corrected chi connectivity index (χ0v) is 14.3. The molecule has 0 amide bonds. The second-order valence-corrected chi connectivity index (χ2v) is 7.25. The lowest BCUT2D eigenvalue weighted by Crippen LogP contribution is -2.48. The van der Waals surface area contributed by atoms with E-state index in [4.69, 9.17) is 4.98 Å². The van der Waals surface area contributed by atoms with Gasteiger partial charge in [0, 0.05) is 30.6 Å². The lowest BCUT2D eigenvalue weighted by Gasteiger charge is -2.42. The Morgan fingerprint density at radius 1 is 0.962 bits per heavy atom. The first-order valence-electron chi connectivity index (χ1n) is 9.15. The Bertz CT molecular complexity index is 1120. The van der Waals surface area contributed by atoms with E-state index in [1.54, 1.807) is 18.7 Å². The van der Waals surface area contributed by atoms with Crippen molar-refractivity contribution in [2.45, 2.75) is 24.8 Å². The van der Waals surface area contributed by atoms with Crippen molar-refractivity contribution in [2.75, 3.05) is 18.0 Å². The summed E-state index contributed by atoms with van der Waals surface area (Å²) in [5, 5.41) is 1.07. The summed E-state index contributed by atoms with van der Waals surface area (Å²) in [6.07, 6.45) is 7.77. The minimum Gasteiger partial charge on any atom is -0.352 e. The molecule has 0 unspecified atom stereocenters. The van der Waals surface area contributed by atoms with Gasteiger partial charge in [0.05, 0.1) is 28.8 Å². The highest BCUT2D eigenvalue weighted by atomic mass is 15.3. The molecule has 1 aliphatic heterocycles. The highest BCUT2D eigenvalue weighted by Crippen LogP contribution is 2.43. The summed E-state index contributed by atoms with van der Waals surface area (Å²) >= 11 is 0. The van der Waals surface area contributed by atoms with Crippen LogP contribution in [0.15, 0.2) is 49.1 Å². The van der Waals surface area contributed by atoms with Crippen molar-refractivity contribution >= 4 is 27.8 Å². The number of anilines is 1. The van der Waals surface area contributed by atoms with E-state index in [0.29, 0.717) is 12.0 Å². The summed E-state index contributed by atoms with van der Waals surface area (Å²) in [5.74, 6) is 2.92. The summed E-state index contributed by atoms with van der Waals surface area (Å²) in [6, 6.07) is 11.0. The number of hydrogen-bond acceptors (Lipinski definition) is 5. The molecule has 4 aromatic rings. The molecule has 0 bridgehead atoms. The smallest absolute Gasteiger partial charge is 0.140 e. The normalized spacial score (nSPS) is 17.8. The van der Waals surface area contributed by atoms with Crippen molar-refractivity contribution in [1.29, 1.82) is 0 Å². The van der Waals surface area contributed by atoms with Crippen LogP contribution >= 0.6 is 0 Å². The predicted octanol–water partition coefficient (Wildman–Crippen LogP) is 3.31. The van der Waals surface area contributed by atoms with Crippen LogP contribution in [0.2, 0.25) is 0 Å². The van der Waals surface area contributed by atoms with Crippen molar-refractivity contribution in [1.82, 2.24) is 24.5 Å². The molecule has 6 nitrogen and oxygen atoms in total. The van der Waals surface area contributed by atoms with Gasteiger partial charge in [0.15, 0.2) is 0 Å². The van der Waals surface area contributed by atoms with Crippen molar-refractivity contribution < 1.29 is 0 Å². The third kappa shape index (κ3) is 2.05. The van der Waals surface area contributed by atoms with Gasteiger partial charge in [-0.15, -0.1) is 0 Å². The Labute approximate surface area is 150 Å². The van der Waals surface area contributed by atoms with Gasteiger partial charge in [0.25, 0.3) is 0 Å². The molecule has 4 heterocycles. The van der Waals surface area contributed by atoms with Gasteiger partial charge in [0.1, 0.15) is 18.0 Å². The lowest BCUT2D eigenvalue weighted by atomic mass is 10.1. The van der Waals surface area contributed by atoms with E-state index in [1.807, 2.05) is 6.07 Å². The lowest BCUT2D eigenvalue weighted by molar-refractivity contribution is 0.396. The number of pyridine rings is 1. The number of fused-ring (bicyclic) bond motifs is 2. The van der Waals surface area contributed by atoms with Crippen LogP contribution in [0.3, 0.4) is 0 Å². The van der Waals surface area contributed by atoms with Crippen LogP contribution in [-0.2, 0) is 0 Å². The molecule has 26 heavy (non-hydrogen) atoms. The zero-order valence-electron chi connectivity index (χ0n) is 14.3.